The van der Waals surface area contributed by atoms with Gasteiger partial charge in [-0.15, -0.1) is 0 Å². The summed E-state index contributed by atoms with van der Waals surface area (Å²) in [5, 5.41) is 0. The molecule has 6 nitrogen and oxygen atoms in total. The third-order valence-corrected chi connectivity index (χ3v) is 4.59. The molecule has 18 heavy (non-hydrogen) atoms. The van der Waals surface area contributed by atoms with Gasteiger partial charge in [-0.25, -0.2) is 12.7 Å². The van der Waals surface area contributed by atoms with E-state index in [1.165, 1.54) is 11.4 Å². The minimum Gasteiger partial charge on any atom is -0.469 e. The van der Waals surface area contributed by atoms with Crippen molar-refractivity contribution < 1.29 is 17.9 Å². The average molecular weight is 280 g/mol. The summed E-state index contributed by atoms with van der Waals surface area (Å²) in [5.41, 5.74) is 5.32. The summed E-state index contributed by atoms with van der Waals surface area (Å²) < 4.78 is 29.9. The number of methoxy groups -OCH3 is 1. The van der Waals surface area contributed by atoms with E-state index in [0.717, 1.165) is 0 Å². The van der Waals surface area contributed by atoms with Crippen LogP contribution in [0.1, 0.15) is 27.2 Å². The van der Waals surface area contributed by atoms with Gasteiger partial charge in [0, 0.05) is 13.1 Å². The third-order valence-electron chi connectivity index (χ3n) is 2.69. The second kappa shape index (κ2) is 7.06. The first kappa shape index (κ1) is 17.3. The van der Waals surface area contributed by atoms with Gasteiger partial charge in [0.15, 0.2) is 0 Å². The fraction of sp³-hybridized carbons (Fsp3) is 0.909. The number of nitrogens with two attached hydrogens (primary N) is 1. The average Bonchev–Trinajstić information content (AvgIpc) is 2.32. The Morgan fingerprint density at radius 3 is 2.33 bits per heavy atom. The molecular weight excluding hydrogens is 256 g/mol. The molecule has 0 unspecified atom stereocenters. The summed E-state index contributed by atoms with van der Waals surface area (Å²) in [5.74, 6) is -0.749. The molecule has 0 radical (unpaired) electrons. The van der Waals surface area contributed by atoms with Crippen LogP contribution in [0.5, 0.6) is 0 Å². The first-order valence-electron chi connectivity index (χ1n) is 5.93. The summed E-state index contributed by atoms with van der Waals surface area (Å²) in [4.78, 5) is 11.0. The number of carbonyl (C=O) groups is 1. The molecule has 0 atom stereocenters. The number of rotatable bonds is 8. The molecule has 7 heteroatoms. The summed E-state index contributed by atoms with van der Waals surface area (Å²) in [6.07, 6.45) is -0.127. The van der Waals surface area contributed by atoms with Crippen LogP contribution in [0.25, 0.3) is 0 Å². The molecule has 2 N–H and O–H groups in total. The highest BCUT2D eigenvalue weighted by Gasteiger charge is 2.28. The van der Waals surface area contributed by atoms with Crippen molar-refractivity contribution in [3.63, 3.8) is 0 Å². The molecule has 0 fully saturated rings. The first-order valence-corrected chi connectivity index (χ1v) is 7.54. The lowest BCUT2D eigenvalue weighted by molar-refractivity contribution is -0.140. The van der Waals surface area contributed by atoms with Gasteiger partial charge < -0.3 is 10.5 Å². The van der Waals surface area contributed by atoms with Gasteiger partial charge >= 0.3 is 5.97 Å². The summed E-state index contributed by atoms with van der Waals surface area (Å²) in [6.45, 7) is 6.70. The van der Waals surface area contributed by atoms with E-state index in [-0.39, 0.29) is 17.6 Å². The van der Waals surface area contributed by atoms with Crippen LogP contribution in [0.2, 0.25) is 0 Å². The van der Waals surface area contributed by atoms with Gasteiger partial charge in [0.25, 0.3) is 0 Å². The fourth-order valence-electron chi connectivity index (χ4n) is 1.39. The maximum atomic E-state index is 12.1. The minimum absolute atomic E-state index is 0.127. The van der Waals surface area contributed by atoms with E-state index < -0.39 is 16.0 Å². The van der Waals surface area contributed by atoms with Gasteiger partial charge in [-0.3, -0.25) is 4.79 Å². The maximum Gasteiger partial charge on any atom is 0.306 e. The van der Waals surface area contributed by atoms with Crippen LogP contribution in [0.3, 0.4) is 0 Å². The van der Waals surface area contributed by atoms with E-state index in [2.05, 4.69) is 4.74 Å². The number of esters is 1. The number of carbonyl (C=O) groups excluding carboxylic acids is 1. The van der Waals surface area contributed by atoms with Crippen molar-refractivity contribution in [2.24, 2.45) is 11.1 Å². The molecule has 0 aliphatic rings. The number of hydrogen-bond donors (Lipinski definition) is 1. The minimum atomic E-state index is -3.44. The highest BCUT2D eigenvalue weighted by atomic mass is 32.2. The van der Waals surface area contributed by atoms with Crippen molar-refractivity contribution in [3.05, 3.63) is 0 Å². The highest BCUT2D eigenvalue weighted by molar-refractivity contribution is 7.89. The lowest BCUT2D eigenvalue weighted by Crippen LogP contribution is -2.43. The predicted octanol–water partition coefficient (Wildman–Crippen LogP) is 0.186. The Balaban J connectivity index is 4.68. The second-order valence-electron chi connectivity index (χ2n) is 4.94. The lowest BCUT2D eigenvalue weighted by atomic mass is 9.94. The fourth-order valence-corrected chi connectivity index (χ4v) is 3.01. The van der Waals surface area contributed by atoms with E-state index >= 15 is 0 Å². The SMILES string of the molecule is CCN(CC(C)(C)CN)S(=O)(=O)CCC(=O)OC. The molecule has 0 spiro atoms. The van der Waals surface area contributed by atoms with Gasteiger partial charge in [0.1, 0.15) is 0 Å². The van der Waals surface area contributed by atoms with E-state index in [1.807, 2.05) is 13.8 Å². The normalized spacial score (nSPS) is 12.8. The Morgan fingerprint density at radius 2 is 1.94 bits per heavy atom. The third kappa shape index (κ3) is 5.79. The number of hydrogen-bond acceptors (Lipinski definition) is 5. The van der Waals surface area contributed by atoms with E-state index in [4.69, 9.17) is 5.73 Å². The van der Waals surface area contributed by atoms with Gasteiger partial charge in [0.05, 0.1) is 19.3 Å². The van der Waals surface area contributed by atoms with Gasteiger partial charge in [-0.05, 0) is 12.0 Å². The van der Waals surface area contributed by atoms with Crippen molar-refractivity contribution in [2.45, 2.75) is 27.2 Å². The number of nitrogens with zero attached hydrogens (tertiary/aromatic N) is 1. The van der Waals surface area contributed by atoms with Crippen LogP contribution < -0.4 is 5.73 Å². The Hall–Kier alpha value is -0.660. The van der Waals surface area contributed by atoms with Crippen molar-refractivity contribution >= 4 is 16.0 Å². The molecule has 0 saturated carbocycles. The zero-order valence-electron chi connectivity index (χ0n) is 11.6. The van der Waals surface area contributed by atoms with Gasteiger partial charge in [0.2, 0.25) is 10.0 Å². The van der Waals surface area contributed by atoms with Gasteiger partial charge in [-0.1, -0.05) is 20.8 Å². The van der Waals surface area contributed by atoms with Crippen LogP contribution in [0.4, 0.5) is 0 Å². The summed E-state index contributed by atoms with van der Waals surface area (Å²) >= 11 is 0. The lowest BCUT2D eigenvalue weighted by Gasteiger charge is -2.30. The standard InChI is InChI=1S/C11H24N2O4S/c1-5-13(9-11(2,3)8-12)18(15,16)7-6-10(14)17-4/h5-9,12H2,1-4H3. The smallest absolute Gasteiger partial charge is 0.306 e. The van der Waals surface area contributed by atoms with E-state index in [0.29, 0.717) is 19.6 Å². The van der Waals surface area contributed by atoms with Crippen LogP contribution >= 0.6 is 0 Å². The summed E-state index contributed by atoms with van der Waals surface area (Å²) in [6, 6.07) is 0. The summed E-state index contributed by atoms with van der Waals surface area (Å²) in [7, 11) is -2.20. The zero-order chi connectivity index (χ0) is 14.4. The van der Waals surface area contributed by atoms with Crippen molar-refractivity contribution in [1.82, 2.24) is 4.31 Å². The number of ether oxygens (including phenoxy) is 1. The Bertz CT molecular complexity index is 365. The molecule has 0 aromatic rings. The second-order valence-corrected chi connectivity index (χ2v) is 7.03. The molecule has 0 bridgehead atoms. The van der Waals surface area contributed by atoms with E-state index in [9.17, 15) is 13.2 Å². The van der Waals surface area contributed by atoms with Crippen LogP contribution in [0.15, 0.2) is 0 Å². The Labute approximate surface area is 110 Å². The number of sulfonamides is 1. The van der Waals surface area contributed by atoms with Crippen molar-refractivity contribution in [1.29, 1.82) is 0 Å². The largest absolute Gasteiger partial charge is 0.469 e. The van der Waals surface area contributed by atoms with Gasteiger partial charge in [-0.2, -0.15) is 0 Å². The monoisotopic (exact) mass is 280 g/mol. The molecule has 0 amide bonds. The molecule has 108 valence electrons. The molecule has 0 aromatic heterocycles. The Morgan fingerprint density at radius 1 is 1.39 bits per heavy atom. The molecule has 0 aromatic carbocycles. The van der Waals surface area contributed by atoms with E-state index in [1.54, 1.807) is 6.92 Å². The molecule has 0 aliphatic carbocycles. The topological polar surface area (TPSA) is 89.7 Å². The van der Waals surface area contributed by atoms with Crippen molar-refractivity contribution in [2.75, 3.05) is 32.5 Å². The maximum absolute atomic E-state index is 12.1. The predicted molar refractivity (Wildman–Crippen MR) is 70.5 cm³/mol. The highest BCUT2D eigenvalue weighted by Crippen LogP contribution is 2.17. The molecule has 0 saturated heterocycles. The molecular formula is C11H24N2O4S. The van der Waals surface area contributed by atoms with Crippen molar-refractivity contribution in [3.8, 4) is 0 Å². The van der Waals surface area contributed by atoms with Crippen LogP contribution in [0, 0.1) is 5.41 Å². The molecule has 0 rings (SSSR count). The Kier molecular flexibility index (Phi) is 6.80. The zero-order valence-corrected chi connectivity index (χ0v) is 12.4. The van der Waals surface area contributed by atoms with Crippen LogP contribution in [-0.2, 0) is 19.6 Å². The first-order chi connectivity index (χ1) is 8.18. The molecule has 0 aliphatic heterocycles. The van der Waals surface area contributed by atoms with Crippen LogP contribution in [-0.4, -0.2) is 51.2 Å². The quantitative estimate of drug-likeness (QED) is 0.641. The molecule has 0 heterocycles.